The molecule has 20 heavy (non-hydrogen) atoms. The first kappa shape index (κ1) is 15.0. The Kier molecular flexibility index (Phi) is 5.15. The van der Waals surface area contributed by atoms with Gasteiger partial charge in [-0.15, -0.1) is 0 Å². The lowest BCUT2D eigenvalue weighted by atomic mass is 10.1. The molecule has 2 N–H and O–H groups in total. The summed E-state index contributed by atoms with van der Waals surface area (Å²) in [4.78, 5) is 2.16. The van der Waals surface area contributed by atoms with Crippen molar-refractivity contribution in [3.05, 3.63) is 63.9 Å². The smallest absolute Gasteiger partial charge is 0.127 e. The number of anilines is 1. The zero-order valence-corrected chi connectivity index (χ0v) is 13.0. The van der Waals surface area contributed by atoms with E-state index in [2.05, 4.69) is 27.8 Å². The van der Waals surface area contributed by atoms with Gasteiger partial charge in [-0.05, 0) is 36.4 Å². The highest BCUT2D eigenvalue weighted by Crippen LogP contribution is 2.19. The maximum absolute atomic E-state index is 13.8. The van der Waals surface area contributed by atoms with E-state index in [1.807, 2.05) is 30.3 Å². The predicted molar refractivity (Wildman–Crippen MR) is 84.7 cm³/mol. The van der Waals surface area contributed by atoms with Crippen LogP contribution in [0.4, 0.5) is 10.1 Å². The summed E-state index contributed by atoms with van der Waals surface area (Å²) < 4.78 is 14.7. The van der Waals surface area contributed by atoms with E-state index in [1.165, 1.54) is 6.07 Å². The number of nitrogens with two attached hydrogens (primary N) is 1. The first-order valence-corrected chi connectivity index (χ1v) is 7.39. The number of hydrogen-bond acceptors (Lipinski definition) is 2. The van der Waals surface area contributed by atoms with Crippen molar-refractivity contribution in [1.29, 1.82) is 0 Å². The highest BCUT2D eigenvalue weighted by Gasteiger charge is 2.10. The second-order valence-electron chi connectivity index (χ2n) is 4.74. The number of hydrogen-bond donors (Lipinski definition) is 1. The van der Waals surface area contributed by atoms with Crippen LogP contribution in [0.1, 0.15) is 18.1 Å². The molecule has 4 heteroatoms. The van der Waals surface area contributed by atoms with Crippen LogP contribution in [0.15, 0.2) is 46.9 Å². The largest absolute Gasteiger partial charge is 0.398 e. The second-order valence-corrected chi connectivity index (χ2v) is 5.65. The molecule has 2 aromatic rings. The molecule has 0 saturated heterocycles. The van der Waals surface area contributed by atoms with Gasteiger partial charge in [0.05, 0.1) is 0 Å². The number of nitrogen functional groups attached to an aromatic ring is 1. The Morgan fingerprint density at radius 1 is 1.10 bits per heavy atom. The summed E-state index contributed by atoms with van der Waals surface area (Å²) in [5.41, 5.74) is 8.51. The van der Waals surface area contributed by atoms with Gasteiger partial charge >= 0.3 is 0 Å². The fourth-order valence-corrected chi connectivity index (χ4v) is 2.51. The molecule has 2 aromatic carbocycles. The van der Waals surface area contributed by atoms with E-state index in [0.717, 1.165) is 28.8 Å². The van der Waals surface area contributed by atoms with Crippen molar-refractivity contribution in [2.45, 2.75) is 20.0 Å². The summed E-state index contributed by atoms with van der Waals surface area (Å²) >= 11 is 3.38. The average molecular weight is 337 g/mol. The maximum Gasteiger partial charge on any atom is 0.127 e. The molecule has 0 aliphatic carbocycles. The summed E-state index contributed by atoms with van der Waals surface area (Å²) in [5.74, 6) is -0.173. The molecule has 2 nitrogen and oxygen atoms in total. The van der Waals surface area contributed by atoms with E-state index in [9.17, 15) is 4.39 Å². The van der Waals surface area contributed by atoms with Gasteiger partial charge in [0.2, 0.25) is 0 Å². The number of rotatable bonds is 5. The lowest BCUT2D eigenvalue weighted by Gasteiger charge is -2.21. The van der Waals surface area contributed by atoms with Crippen molar-refractivity contribution in [1.82, 2.24) is 4.90 Å². The Morgan fingerprint density at radius 3 is 2.50 bits per heavy atom. The summed E-state index contributed by atoms with van der Waals surface area (Å²) in [7, 11) is 0. The number of benzene rings is 2. The summed E-state index contributed by atoms with van der Waals surface area (Å²) in [5, 5.41) is 0. The first-order chi connectivity index (χ1) is 9.60. The molecule has 0 saturated carbocycles. The molecule has 0 aliphatic heterocycles. The van der Waals surface area contributed by atoms with E-state index < -0.39 is 0 Å². The molecule has 0 radical (unpaired) electrons. The molecule has 0 aromatic heterocycles. The van der Waals surface area contributed by atoms with Gasteiger partial charge in [-0.25, -0.2) is 4.39 Å². The van der Waals surface area contributed by atoms with Crippen LogP contribution in [0.25, 0.3) is 0 Å². The van der Waals surface area contributed by atoms with Gasteiger partial charge in [0.1, 0.15) is 5.82 Å². The topological polar surface area (TPSA) is 29.3 Å². The van der Waals surface area contributed by atoms with Crippen LogP contribution < -0.4 is 5.73 Å². The molecule has 0 atom stereocenters. The molecular formula is C16H18BrFN2. The van der Waals surface area contributed by atoms with Crippen molar-refractivity contribution in [2.24, 2.45) is 0 Å². The van der Waals surface area contributed by atoms with E-state index in [1.54, 1.807) is 6.07 Å². The van der Waals surface area contributed by atoms with Gasteiger partial charge < -0.3 is 5.73 Å². The lowest BCUT2D eigenvalue weighted by Crippen LogP contribution is -2.23. The van der Waals surface area contributed by atoms with Gasteiger partial charge in [0.25, 0.3) is 0 Å². The molecule has 0 fully saturated rings. The number of para-hydroxylation sites is 1. The normalized spacial score (nSPS) is 11.0. The SMILES string of the molecule is CCN(Cc1ccccc1N)Cc1cc(Br)ccc1F. The van der Waals surface area contributed by atoms with E-state index in [4.69, 9.17) is 5.73 Å². The highest BCUT2D eigenvalue weighted by atomic mass is 79.9. The lowest BCUT2D eigenvalue weighted by molar-refractivity contribution is 0.268. The predicted octanol–water partition coefficient (Wildman–Crippen LogP) is 4.19. The Balaban J connectivity index is 2.13. The number of nitrogens with zero attached hydrogens (tertiary/aromatic N) is 1. The van der Waals surface area contributed by atoms with Crippen LogP contribution in [-0.4, -0.2) is 11.4 Å². The third-order valence-corrected chi connectivity index (χ3v) is 3.79. The fraction of sp³-hybridized carbons (Fsp3) is 0.250. The quantitative estimate of drug-likeness (QED) is 0.829. The highest BCUT2D eigenvalue weighted by molar-refractivity contribution is 9.10. The van der Waals surface area contributed by atoms with Gasteiger partial charge in [-0.2, -0.15) is 0 Å². The van der Waals surface area contributed by atoms with Crippen LogP contribution in [0.3, 0.4) is 0 Å². The number of halogens is 2. The van der Waals surface area contributed by atoms with Crippen LogP contribution in [-0.2, 0) is 13.1 Å². The van der Waals surface area contributed by atoms with Gasteiger partial charge in [0.15, 0.2) is 0 Å². The van der Waals surface area contributed by atoms with Crippen LogP contribution in [0.5, 0.6) is 0 Å². The molecule has 0 heterocycles. The molecule has 0 bridgehead atoms. The zero-order valence-electron chi connectivity index (χ0n) is 11.4. The Hall–Kier alpha value is -1.39. The van der Waals surface area contributed by atoms with Crippen molar-refractivity contribution in [3.8, 4) is 0 Å². The summed E-state index contributed by atoms with van der Waals surface area (Å²) in [6.45, 7) is 4.18. The third-order valence-electron chi connectivity index (χ3n) is 3.30. The fourth-order valence-electron chi connectivity index (χ4n) is 2.10. The minimum atomic E-state index is -0.173. The zero-order chi connectivity index (χ0) is 14.5. The van der Waals surface area contributed by atoms with Crippen LogP contribution in [0.2, 0.25) is 0 Å². The Morgan fingerprint density at radius 2 is 1.80 bits per heavy atom. The molecule has 0 aliphatic rings. The van der Waals surface area contributed by atoms with Gasteiger partial charge in [-0.1, -0.05) is 41.1 Å². The Bertz CT molecular complexity index is 586. The molecule has 0 amide bonds. The van der Waals surface area contributed by atoms with Crippen molar-refractivity contribution >= 4 is 21.6 Å². The summed E-state index contributed by atoms with van der Waals surface area (Å²) in [6.07, 6.45) is 0. The molecular weight excluding hydrogens is 319 g/mol. The minimum absolute atomic E-state index is 0.173. The second kappa shape index (κ2) is 6.86. The molecule has 0 unspecified atom stereocenters. The maximum atomic E-state index is 13.8. The van der Waals surface area contributed by atoms with Crippen LogP contribution >= 0.6 is 15.9 Å². The molecule has 106 valence electrons. The minimum Gasteiger partial charge on any atom is -0.398 e. The van der Waals surface area contributed by atoms with Crippen LogP contribution in [0, 0.1) is 5.82 Å². The third kappa shape index (κ3) is 3.81. The van der Waals surface area contributed by atoms with E-state index in [-0.39, 0.29) is 5.82 Å². The average Bonchev–Trinajstić information content (AvgIpc) is 2.44. The standard InChI is InChI=1S/C16H18BrFN2/c1-2-20(10-12-5-3-4-6-16(12)19)11-13-9-14(17)7-8-15(13)18/h3-9H,2,10-11,19H2,1H3. The molecule has 0 spiro atoms. The van der Waals surface area contributed by atoms with Crippen molar-refractivity contribution in [2.75, 3.05) is 12.3 Å². The first-order valence-electron chi connectivity index (χ1n) is 6.59. The van der Waals surface area contributed by atoms with Crippen molar-refractivity contribution < 1.29 is 4.39 Å². The summed E-state index contributed by atoms with van der Waals surface area (Å²) in [6, 6.07) is 12.8. The van der Waals surface area contributed by atoms with Crippen molar-refractivity contribution in [3.63, 3.8) is 0 Å². The monoisotopic (exact) mass is 336 g/mol. The van der Waals surface area contributed by atoms with Gasteiger partial charge in [0, 0.05) is 28.8 Å². The Labute approximate surface area is 127 Å². The van der Waals surface area contributed by atoms with E-state index >= 15 is 0 Å². The van der Waals surface area contributed by atoms with Gasteiger partial charge in [-0.3, -0.25) is 4.90 Å². The molecule has 2 rings (SSSR count). The van der Waals surface area contributed by atoms with E-state index in [0.29, 0.717) is 12.1 Å².